The summed E-state index contributed by atoms with van der Waals surface area (Å²) in [6.45, 7) is 6.18. The number of anilines is 2. The van der Waals surface area contributed by atoms with Gasteiger partial charge in [0.25, 0.3) is 5.91 Å². The van der Waals surface area contributed by atoms with Crippen LogP contribution < -0.4 is 10.6 Å². The highest BCUT2D eigenvalue weighted by Gasteiger charge is 2.10. The van der Waals surface area contributed by atoms with Crippen molar-refractivity contribution in [3.05, 3.63) is 53.2 Å². The Morgan fingerprint density at radius 1 is 1.10 bits per heavy atom. The fraction of sp³-hybridized carbons (Fsp3) is 0.250. The first-order valence-electron chi connectivity index (χ1n) is 6.65. The SMILES string of the molecule is CC(C)(C)Nc1ccc(NC(=O)c2ccc(Cl)cc2)cn1. The van der Waals surface area contributed by atoms with Crippen LogP contribution in [0.5, 0.6) is 0 Å². The number of amides is 1. The molecule has 1 heterocycles. The van der Waals surface area contributed by atoms with Gasteiger partial charge in [0, 0.05) is 16.1 Å². The van der Waals surface area contributed by atoms with Crippen LogP contribution in [0.15, 0.2) is 42.6 Å². The van der Waals surface area contributed by atoms with E-state index in [-0.39, 0.29) is 11.4 Å². The Labute approximate surface area is 129 Å². The first-order chi connectivity index (χ1) is 9.83. The largest absolute Gasteiger partial charge is 0.365 e. The lowest BCUT2D eigenvalue weighted by Gasteiger charge is -2.21. The van der Waals surface area contributed by atoms with Crippen molar-refractivity contribution >= 4 is 29.0 Å². The number of carbonyl (C=O) groups is 1. The maximum atomic E-state index is 12.0. The van der Waals surface area contributed by atoms with E-state index in [0.717, 1.165) is 5.82 Å². The average Bonchev–Trinajstić information content (AvgIpc) is 2.40. The molecule has 0 saturated carbocycles. The molecule has 21 heavy (non-hydrogen) atoms. The Hall–Kier alpha value is -2.07. The molecule has 0 radical (unpaired) electrons. The van der Waals surface area contributed by atoms with Crippen LogP contribution in [0.1, 0.15) is 31.1 Å². The second-order valence-electron chi connectivity index (χ2n) is 5.77. The van der Waals surface area contributed by atoms with Crippen LogP contribution in [0.25, 0.3) is 0 Å². The number of carbonyl (C=O) groups excluding carboxylic acids is 1. The first kappa shape index (κ1) is 15.3. The van der Waals surface area contributed by atoms with Crippen LogP contribution in [-0.4, -0.2) is 16.4 Å². The smallest absolute Gasteiger partial charge is 0.255 e. The van der Waals surface area contributed by atoms with E-state index < -0.39 is 0 Å². The van der Waals surface area contributed by atoms with E-state index in [1.165, 1.54) is 0 Å². The summed E-state index contributed by atoms with van der Waals surface area (Å²) in [4.78, 5) is 16.3. The molecule has 2 rings (SSSR count). The Balaban J connectivity index is 2.03. The van der Waals surface area contributed by atoms with Crippen LogP contribution in [0, 0.1) is 0 Å². The number of nitrogens with zero attached hydrogens (tertiary/aromatic N) is 1. The molecule has 0 aliphatic rings. The first-order valence-corrected chi connectivity index (χ1v) is 7.02. The summed E-state index contributed by atoms with van der Waals surface area (Å²) >= 11 is 5.80. The number of nitrogens with one attached hydrogen (secondary N) is 2. The second kappa shape index (κ2) is 6.14. The van der Waals surface area contributed by atoms with E-state index in [1.807, 2.05) is 12.1 Å². The standard InChI is InChI=1S/C16H18ClN3O/c1-16(2,3)20-14-9-8-13(10-18-14)19-15(21)11-4-6-12(17)7-5-11/h4-10H,1-3H3,(H,18,20)(H,19,21). The molecule has 4 nitrogen and oxygen atoms in total. The minimum atomic E-state index is -0.190. The number of rotatable bonds is 3. The zero-order valence-corrected chi connectivity index (χ0v) is 13.0. The third-order valence-electron chi connectivity index (χ3n) is 2.63. The van der Waals surface area contributed by atoms with E-state index in [4.69, 9.17) is 11.6 Å². The van der Waals surface area contributed by atoms with Crippen molar-refractivity contribution < 1.29 is 4.79 Å². The minimum absolute atomic E-state index is 0.0545. The number of hydrogen-bond acceptors (Lipinski definition) is 3. The van der Waals surface area contributed by atoms with Gasteiger partial charge in [-0.1, -0.05) is 11.6 Å². The molecule has 0 aliphatic heterocycles. The molecule has 0 saturated heterocycles. The lowest BCUT2D eigenvalue weighted by molar-refractivity contribution is 0.102. The second-order valence-corrected chi connectivity index (χ2v) is 6.20. The van der Waals surface area contributed by atoms with E-state index in [0.29, 0.717) is 16.3 Å². The summed E-state index contributed by atoms with van der Waals surface area (Å²) in [6, 6.07) is 10.4. The third-order valence-corrected chi connectivity index (χ3v) is 2.88. The molecule has 1 aromatic carbocycles. The number of benzene rings is 1. The zero-order valence-electron chi connectivity index (χ0n) is 12.3. The predicted molar refractivity (Wildman–Crippen MR) is 87.0 cm³/mol. The summed E-state index contributed by atoms with van der Waals surface area (Å²) in [5.41, 5.74) is 1.15. The van der Waals surface area contributed by atoms with Crippen LogP contribution in [0.3, 0.4) is 0 Å². The van der Waals surface area contributed by atoms with Gasteiger partial charge in [0.2, 0.25) is 0 Å². The van der Waals surface area contributed by atoms with E-state index in [9.17, 15) is 4.79 Å². The number of pyridine rings is 1. The van der Waals surface area contributed by atoms with Gasteiger partial charge in [-0.2, -0.15) is 0 Å². The molecule has 2 N–H and O–H groups in total. The molecule has 1 aromatic heterocycles. The van der Waals surface area contributed by atoms with Crippen LogP contribution in [-0.2, 0) is 0 Å². The van der Waals surface area contributed by atoms with Crippen LogP contribution >= 0.6 is 11.6 Å². The third kappa shape index (κ3) is 4.76. The fourth-order valence-electron chi connectivity index (χ4n) is 1.73. The van der Waals surface area contributed by atoms with Crippen molar-refractivity contribution in [2.45, 2.75) is 26.3 Å². The van der Waals surface area contributed by atoms with Crippen molar-refractivity contribution in [2.24, 2.45) is 0 Å². The molecule has 0 bridgehead atoms. The minimum Gasteiger partial charge on any atom is -0.365 e. The van der Waals surface area contributed by atoms with Crippen molar-refractivity contribution in [2.75, 3.05) is 10.6 Å². The van der Waals surface area contributed by atoms with Gasteiger partial charge >= 0.3 is 0 Å². The van der Waals surface area contributed by atoms with Gasteiger partial charge in [0.15, 0.2) is 0 Å². The molecular formula is C16H18ClN3O. The molecule has 0 fully saturated rings. The lowest BCUT2D eigenvalue weighted by Crippen LogP contribution is -2.26. The summed E-state index contributed by atoms with van der Waals surface area (Å²) in [7, 11) is 0. The van der Waals surface area contributed by atoms with Crippen molar-refractivity contribution in [3.8, 4) is 0 Å². The molecule has 2 aromatic rings. The van der Waals surface area contributed by atoms with Crippen molar-refractivity contribution in [3.63, 3.8) is 0 Å². The summed E-state index contributed by atoms with van der Waals surface area (Å²) < 4.78 is 0. The molecular weight excluding hydrogens is 286 g/mol. The number of hydrogen-bond donors (Lipinski definition) is 2. The molecule has 1 amide bonds. The highest BCUT2D eigenvalue weighted by Crippen LogP contribution is 2.16. The van der Waals surface area contributed by atoms with Gasteiger partial charge in [-0.25, -0.2) is 4.98 Å². The van der Waals surface area contributed by atoms with E-state index >= 15 is 0 Å². The quantitative estimate of drug-likeness (QED) is 0.893. The highest BCUT2D eigenvalue weighted by atomic mass is 35.5. The normalized spacial score (nSPS) is 11.0. The van der Waals surface area contributed by atoms with Gasteiger partial charge in [0.05, 0.1) is 11.9 Å². The maximum absolute atomic E-state index is 12.0. The summed E-state index contributed by atoms with van der Waals surface area (Å²) in [5.74, 6) is 0.581. The molecule has 0 unspecified atom stereocenters. The highest BCUT2D eigenvalue weighted by molar-refractivity contribution is 6.30. The Bertz CT molecular complexity index is 615. The van der Waals surface area contributed by atoms with Crippen LogP contribution in [0.4, 0.5) is 11.5 Å². The maximum Gasteiger partial charge on any atom is 0.255 e. The number of halogens is 1. The van der Waals surface area contributed by atoms with Gasteiger partial charge < -0.3 is 10.6 Å². The molecule has 0 atom stereocenters. The topological polar surface area (TPSA) is 54.0 Å². The van der Waals surface area contributed by atoms with Gasteiger partial charge in [0.1, 0.15) is 5.82 Å². The van der Waals surface area contributed by atoms with E-state index in [1.54, 1.807) is 30.5 Å². The van der Waals surface area contributed by atoms with Gasteiger partial charge in [-0.15, -0.1) is 0 Å². The van der Waals surface area contributed by atoms with Gasteiger partial charge in [-0.3, -0.25) is 4.79 Å². The molecule has 0 spiro atoms. The van der Waals surface area contributed by atoms with Crippen LogP contribution in [0.2, 0.25) is 5.02 Å². The molecule has 0 aliphatic carbocycles. The Kier molecular flexibility index (Phi) is 4.48. The van der Waals surface area contributed by atoms with Gasteiger partial charge in [-0.05, 0) is 57.2 Å². The predicted octanol–water partition coefficient (Wildman–Crippen LogP) is 4.20. The zero-order chi connectivity index (χ0) is 15.5. The van der Waals surface area contributed by atoms with Crippen molar-refractivity contribution in [1.29, 1.82) is 0 Å². The lowest BCUT2D eigenvalue weighted by atomic mass is 10.1. The molecule has 110 valence electrons. The Morgan fingerprint density at radius 2 is 1.76 bits per heavy atom. The summed E-state index contributed by atoms with van der Waals surface area (Å²) in [6.07, 6.45) is 1.63. The monoisotopic (exact) mass is 303 g/mol. The summed E-state index contributed by atoms with van der Waals surface area (Å²) in [5, 5.41) is 6.66. The number of aromatic nitrogens is 1. The van der Waals surface area contributed by atoms with E-state index in [2.05, 4.69) is 36.4 Å². The average molecular weight is 304 g/mol. The van der Waals surface area contributed by atoms with Crippen molar-refractivity contribution in [1.82, 2.24) is 4.98 Å². The molecule has 5 heteroatoms. The Morgan fingerprint density at radius 3 is 2.29 bits per heavy atom. The fourth-order valence-corrected chi connectivity index (χ4v) is 1.86.